The average Bonchev–Trinajstić information content (AvgIpc) is 2.49. The van der Waals surface area contributed by atoms with Crippen LogP contribution >= 0.6 is 0 Å². The van der Waals surface area contributed by atoms with Gasteiger partial charge in [-0.15, -0.1) is 0 Å². The molecule has 0 bridgehead atoms. The largest absolute Gasteiger partial charge is 0.484 e. The number of nitrogens with one attached hydrogen (secondary N) is 1. The lowest BCUT2D eigenvalue weighted by Gasteiger charge is -2.13. The van der Waals surface area contributed by atoms with Crippen LogP contribution < -0.4 is 10.1 Å². The predicted molar refractivity (Wildman–Crippen MR) is 90.6 cm³/mol. The lowest BCUT2D eigenvalue weighted by molar-refractivity contribution is -0.118. The Morgan fingerprint density at radius 1 is 1.05 bits per heavy atom. The SMILES string of the molecule is CCc1ccc(OCC(=O)Nc2c(C)cc(C)cc2C)cc1. The van der Waals surface area contributed by atoms with Crippen LogP contribution in [0, 0.1) is 20.8 Å². The Labute approximate surface area is 132 Å². The first kappa shape index (κ1) is 16.1. The van der Waals surface area contributed by atoms with Crippen molar-refractivity contribution in [2.45, 2.75) is 34.1 Å². The molecular formula is C19H23NO2. The van der Waals surface area contributed by atoms with E-state index in [1.165, 1.54) is 11.1 Å². The highest BCUT2D eigenvalue weighted by molar-refractivity contribution is 5.93. The van der Waals surface area contributed by atoms with E-state index in [2.05, 4.69) is 31.3 Å². The highest BCUT2D eigenvalue weighted by atomic mass is 16.5. The summed E-state index contributed by atoms with van der Waals surface area (Å²) >= 11 is 0. The number of hydrogen-bond acceptors (Lipinski definition) is 2. The molecule has 0 fully saturated rings. The normalized spacial score (nSPS) is 10.4. The minimum Gasteiger partial charge on any atom is -0.484 e. The number of hydrogen-bond donors (Lipinski definition) is 1. The van der Waals surface area contributed by atoms with Crippen molar-refractivity contribution in [3.63, 3.8) is 0 Å². The summed E-state index contributed by atoms with van der Waals surface area (Å²) in [6.45, 7) is 8.17. The average molecular weight is 297 g/mol. The van der Waals surface area contributed by atoms with Crippen molar-refractivity contribution >= 4 is 11.6 Å². The maximum Gasteiger partial charge on any atom is 0.262 e. The first-order valence-electron chi connectivity index (χ1n) is 7.59. The van der Waals surface area contributed by atoms with E-state index >= 15 is 0 Å². The van der Waals surface area contributed by atoms with Crippen LogP contribution in [0.4, 0.5) is 5.69 Å². The molecule has 3 heteroatoms. The number of carbonyl (C=O) groups is 1. The van der Waals surface area contributed by atoms with Gasteiger partial charge in [-0.2, -0.15) is 0 Å². The minimum absolute atomic E-state index is 0.0121. The Hall–Kier alpha value is -2.29. The number of carbonyl (C=O) groups excluding carboxylic acids is 1. The van der Waals surface area contributed by atoms with E-state index in [1.54, 1.807) is 0 Å². The molecule has 0 aliphatic carbocycles. The third kappa shape index (κ3) is 4.10. The second kappa shape index (κ2) is 7.12. The Morgan fingerprint density at radius 2 is 1.64 bits per heavy atom. The Kier molecular flexibility index (Phi) is 5.21. The topological polar surface area (TPSA) is 38.3 Å². The third-order valence-electron chi connectivity index (χ3n) is 3.64. The third-order valence-corrected chi connectivity index (χ3v) is 3.64. The van der Waals surface area contributed by atoms with Gasteiger partial charge >= 0.3 is 0 Å². The Morgan fingerprint density at radius 3 is 2.18 bits per heavy atom. The standard InChI is InChI=1S/C19H23NO2/c1-5-16-6-8-17(9-7-16)22-12-18(21)20-19-14(3)10-13(2)11-15(19)4/h6-11H,5,12H2,1-4H3,(H,20,21). The molecule has 0 aliphatic rings. The molecule has 2 aromatic rings. The van der Waals surface area contributed by atoms with Crippen molar-refractivity contribution in [2.75, 3.05) is 11.9 Å². The predicted octanol–water partition coefficient (Wildman–Crippen LogP) is 4.19. The van der Waals surface area contributed by atoms with Crippen molar-refractivity contribution in [3.05, 3.63) is 58.7 Å². The maximum absolute atomic E-state index is 12.1. The monoisotopic (exact) mass is 297 g/mol. The van der Waals surface area contributed by atoms with Crippen molar-refractivity contribution < 1.29 is 9.53 Å². The second-order valence-corrected chi connectivity index (χ2v) is 5.61. The molecule has 0 atom stereocenters. The van der Waals surface area contributed by atoms with Crippen LogP contribution in [-0.4, -0.2) is 12.5 Å². The summed E-state index contributed by atoms with van der Waals surface area (Å²) in [5, 5.41) is 2.93. The summed E-state index contributed by atoms with van der Waals surface area (Å²) in [4.78, 5) is 12.1. The van der Waals surface area contributed by atoms with E-state index in [1.807, 2.05) is 38.1 Å². The Balaban J connectivity index is 1.95. The highest BCUT2D eigenvalue weighted by Gasteiger charge is 2.09. The van der Waals surface area contributed by atoms with Crippen LogP contribution in [0.1, 0.15) is 29.2 Å². The van der Waals surface area contributed by atoms with Crippen LogP contribution in [0.25, 0.3) is 0 Å². The van der Waals surface area contributed by atoms with Gasteiger partial charge in [0.15, 0.2) is 6.61 Å². The quantitative estimate of drug-likeness (QED) is 0.898. The van der Waals surface area contributed by atoms with Crippen molar-refractivity contribution in [1.82, 2.24) is 0 Å². The molecule has 0 unspecified atom stereocenters. The highest BCUT2D eigenvalue weighted by Crippen LogP contribution is 2.22. The molecule has 2 rings (SSSR count). The number of benzene rings is 2. The number of rotatable bonds is 5. The summed E-state index contributed by atoms with van der Waals surface area (Å²) in [7, 11) is 0. The van der Waals surface area contributed by atoms with Crippen molar-refractivity contribution in [3.8, 4) is 5.75 Å². The molecule has 2 aromatic carbocycles. The van der Waals surface area contributed by atoms with Crippen LogP contribution in [0.15, 0.2) is 36.4 Å². The van der Waals surface area contributed by atoms with Crippen LogP contribution in [0.5, 0.6) is 5.75 Å². The molecule has 1 N–H and O–H groups in total. The van der Waals surface area contributed by atoms with Gasteiger partial charge in [0.1, 0.15) is 5.75 Å². The van der Waals surface area contributed by atoms with E-state index in [9.17, 15) is 4.79 Å². The summed E-state index contributed by atoms with van der Waals surface area (Å²) in [5.41, 5.74) is 5.46. The van der Waals surface area contributed by atoms with E-state index in [0.29, 0.717) is 5.75 Å². The van der Waals surface area contributed by atoms with E-state index in [0.717, 1.165) is 23.2 Å². The molecule has 0 radical (unpaired) electrons. The molecule has 0 aliphatic heterocycles. The van der Waals surface area contributed by atoms with Gasteiger partial charge in [-0.05, 0) is 56.0 Å². The summed E-state index contributed by atoms with van der Waals surface area (Å²) < 4.78 is 5.53. The minimum atomic E-state index is -0.144. The number of aryl methyl sites for hydroxylation is 4. The zero-order valence-electron chi connectivity index (χ0n) is 13.7. The van der Waals surface area contributed by atoms with Gasteiger partial charge in [0.05, 0.1) is 0 Å². The molecule has 22 heavy (non-hydrogen) atoms. The van der Waals surface area contributed by atoms with Crippen LogP contribution in [0.3, 0.4) is 0 Å². The summed E-state index contributed by atoms with van der Waals surface area (Å²) in [6.07, 6.45) is 0.993. The molecule has 0 spiro atoms. The number of anilines is 1. The molecular weight excluding hydrogens is 274 g/mol. The summed E-state index contributed by atoms with van der Waals surface area (Å²) in [6, 6.07) is 12.0. The fourth-order valence-electron chi connectivity index (χ4n) is 2.52. The molecule has 0 saturated carbocycles. The van der Waals surface area contributed by atoms with Crippen molar-refractivity contribution in [2.24, 2.45) is 0 Å². The second-order valence-electron chi connectivity index (χ2n) is 5.61. The molecule has 1 amide bonds. The Bertz CT molecular complexity index is 637. The lowest BCUT2D eigenvalue weighted by Crippen LogP contribution is -2.21. The lowest BCUT2D eigenvalue weighted by atomic mass is 10.1. The summed E-state index contributed by atoms with van der Waals surface area (Å²) in [5.74, 6) is 0.569. The molecule has 3 nitrogen and oxygen atoms in total. The van der Waals surface area contributed by atoms with Gasteiger partial charge in [0, 0.05) is 5.69 Å². The molecule has 0 aromatic heterocycles. The van der Waals surface area contributed by atoms with Crippen molar-refractivity contribution in [1.29, 1.82) is 0 Å². The van der Waals surface area contributed by atoms with Crippen LogP contribution in [0.2, 0.25) is 0 Å². The molecule has 116 valence electrons. The zero-order chi connectivity index (χ0) is 16.1. The molecule has 0 heterocycles. The van der Waals surface area contributed by atoms with Gasteiger partial charge in [-0.1, -0.05) is 36.8 Å². The van der Waals surface area contributed by atoms with Gasteiger partial charge in [0.2, 0.25) is 0 Å². The first-order valence-corrected chi connectivity index (χ1v) is 7.59. The maximum atomic E-state index is 12.1. The van der Waals surface area contributed by atoms with E-state index < -0.39 is 0 Å². The van der Waals surface area contributed by atoms with Gasteiger partial charge in [-0.25, -0.2) is 0 Å². The van der Waals surface area contributed by atoms with Gasteiger partial charge in [-0.3, -0.25) is 4.79 Å². The van der Waals surface area contributed by atoms with E-state index in [4.69, 9.17) is 4.74 Å². The molecule has 0 saturated heterocycles. The number of ether oxygens (including phenoxy) is 1. The number of amides is 1. The van der Waals surface area contributed by atoms with Crippen LogP contribution in [-0.2, 0) is 11.2 Å². The zero-order valence-corrected chi connectivity index (χ0v) is 13.7. The fourth-order valence-corrected chi connectivity index (χ4v) is 2.52. The first-order chi connectivity index (χ1) is 10.5. The van der Waals surface area contributed by atoms with Gasteiger partial charge in [0.25, 0.3) is 5.91 Å². The van der Waals surface area contributed by atoms with E-state index in [-0.39, 0.29) is 12.5 Å². The smallest absolute Gasteiger partial charge is 0.262 e. The van der Waals surface area contributed by atoms with Gasteiger partial charge < -0.3 is 10.1 Å². The fraction of sp³-hybridized carbons (Fsp3) is 0.316.